The standard InChI is InChI=1S/C15H21FN2O2/c16-13-7-12(10-17)8-14(9-13)20-11-15(19)18-5-3-1-2-4-6-18/h7-9H,1-6,10-11,17H2. The van der Waals surface area contributed by atoms with Crippen LogP contribution in [0.5, 0.6) is 5.75 Å². The number of carbonyl (C=O) groups excluding carboxylic acids is 1. The lowest BCUT2D eigenvalue weighted by atomic mass is 10.2. The van der Waals surface area contributed by atoms with Crippen LogP contribution in [-0.4, -0.2) is 30.5 Å². The number of carbonyl (C=O) groups is 1. The van der Waals surface area contributed by atoms with E-state index in [0.29, 0.717) is 11.3 Å². The van der Waals surface area contributed by atoms with Crippen molar-refractivity contribution in [2.45, 2.75) is 32.2 Å². The van der Waals surface area contributed by atoms with Gasteiger partial charge in [-0.15, -0.1) is 0 Å². The first kappa shape index (κ1) is 14.8. The third-order valence-corrected chi connectivity index (χ3v) is 3.49. The molecule has 0 spiro atoms. The Morgan fingerprint density at radius 3 is 2.55 bits per heavy atom. The SMILES string of the molecule is NCc1cc(F)cc(OCC(=O)N2CCCCCC2)c1. The maximum Gasteiger partial charge on any atom is 0.260 e. The predicted molar refractivity (Wildman–Crippen MR) is 74.8 cm³/mol. The molecule has 0 atom stereocenters. The molecule has 1 aliphatic rings. The zero-order valence-electron chi connectivity index (χ0n) is 11.6. The molecule has 0 bridgehead atoms. The lowest BCUT2D eigenvalue weighted by molar-refractivity contribution is -0.133. The third-order valence-electron chi connectivity index (χ3n) is 3.49. The minimum absolute atomic E-state index is 0.0366. The number of benzene rings is 1. The van der Waals surface area contributed by atoms with Crippen molar-refractivity contribution in [1.82, 2.24) is 4.90 Å². The average molecular weight is 280 g/mol. The fourth-order valence-corrected chi connectivity index (χ4v) is 2.38. The van der Waals surface area contributed by atoms with Gasteiger partial charge in [-0.3, -0.25) is 4.79 Å². The summed E-state index contributed by atoms with van der Waals surface area (Å²) in [6, 6.07) is 4.30. The van der Waals surface area contributed by atoms with Gasteiger partial charge in [-0.2, -0.15) is 0 Å². The van der Waals surface area contributed by atoms with Crippen LogP contribution in [0.4, 0.5) is 4.39 Å². The first-order valence-electron chi connectivity index (χ1n) is 7.09. The highest BCUT2D eigenvalue weighted by atomic mass is 19.1. The molecule has 2 rings (SSSR count). The van der Waals surface area contributed by atoms with Crippen LogP contribution in [0, 0.1) is 5.82 Å². The van der Waals surface area contributed by atoms with E-state index in [1.807, 2.05) is 4.90 Å². The summed E-state index contributed by atoms with van der Waals surface area (Å²) in [6.45, 7) is 1.78. The van der Waals surface area contributed by atoms with Gasteiger partial charge in [-0.25, -0.2) is 4.39 Å². The summed E-state index contributed by atoms with van der Waals surface area (Å²) in [6.07, 6.45) is 4.44. The average Bonchev–Trinajstić information content (AvgIpc) is 2.73. The minimum Gasteiger partial charge on any atom is -0.484 e. The lowest BCUT2D eigenvalue weighted by Crippen LogP contribution is -2.35. The smallest absolute Gasteiger partial charge is 0.260 e. The summed E-state index contributed by atoms with van der Waals surface area (Å²) in [7, 11) is 0. The lowest BCUT2D eigenvalue weighted by Gasteiger charge is -2.20. The number of nitrogens with two attached hydrogens (primary N) is 1. The Morgan fingerprint density at radius 1 is 1.20 bits per heavy atom. The zero-order valence-corrected chi connectivity index (χ0v) is 11.6. The summed E-state index contributed by atoms with van der Waals surface area (Å²) in [5.41, 5.74) is 6.14. The van der Waals surface area contributed by atoms with E-state index >= 15 is 0 Å². The summed E-state index contributed by atoms with van der Waals surface area (Å²) in [4.78, 5) is 13.9. The predicted octanol–water partition coefficient (Wildman–Crippen LogP) is 2.07. The van der Waals surface area contributed by atoms with E-state index in [2.05, 4.69) is 0 Å². The van der Waals surface area contributed by atoms with E-state index in [4.69, 9.17) is 10.5 Å². The number of likely N-dealkylation sites (tertiary alicyclic amines) is 1. The first-order valence-corrected chi connectivity index (χ1v) is 7.09. The van der Waals surface area contributed by atoms with E-state index in [0.717, 1.165) is 25.9 Å². The number of hydrogen-bond donors (Lipinski definition) is 1. The van der Waals surface area contributed by atoms with Gasteiger partial charge in [0, 0.05) is 25.7 Å². The zero-order chi connectivity index (χ0) is 14.4. The molecule has 1 amide bonds. The maximum atomic E-state index is 13.3. The van der Waals surface area contributed by atoms with Crippen molar-refractivity contribution in [2.24, 2.45) is 5.73 Å². The Balaban J connectivity index is 1.90. The van der Waals surface area contributed by atoms with Gasteiger partial charge in [0.2, 0.25) is 0 Å². The Labute approximate surface area is 118 Å². The Hall–Kier alpha value is -1.62. The first-order chi connectivity index (χ1) is 9.69. The van der Waals surface area contributed by atoms with Crippen molar-refractivity contribution >= 4 is 5.91 Å². The molecule has 0 aliphatic carbocycles. The number of rotatable bonds is 4. The molecule has 1 saturated heterocycles. The molecule has 1 heterocycles. The monoisotopic (exact) mass is 280 g/mol. The van der Waals surface area contributed by atoms with Crippen molar-refractivity contribution in [1.29, 1.82) is 0 Å². The van der Waals surface area contributed by atoms with Crippen LogP contribution < -0.4 is 10.5 Å². The molecule has 20 heavy (non-hydrogen) atoms. The molecule has 1 aliphatic heterocycles. The van der Waals surface area contributed by atoms with Crippen LogP contribution in [0.15, 0.2) is 18.2 Å². The molecule has 4 nitrogen and oxygen atoms in total. The fraction of sp³-hybridized carbons (Fsp3) is 0.533. The molecular weight excluding hydrogens is 259 g/mol. The van der Waals surface area contributed by atoms with Crippen LogP contribution in [-0.2, 0) is 11.3 Å². The number of amides is 1. The van der Waals surface area contributed by atoms with Gasteiger partial charge in [0.25, 0.3) is 5.91 Å². The van der Waals surface area contributed by atoms with Gasteiger partial charge >= 0.3 is 0 Å². The molecule has 1 fully saturated rings. The molecule has 1 aromatic rings. The highest BCUT2D eigenvalue weighted by Gasteiger charge is 2.16. The van der Waals surface area contributed by atoms with Crippen LogP contribution >= 0.6 is 0 Å². The number of hydrogen-bond acceptors (Lipinski definition) is 3. The largest absolute Gasteiger partial charge is 0.484 e. The Bertz CT molecular complexity index is 457. The van der Waals surface area contributed by atoms with Crippen molar-refractivity contribution in [3.8, 4) is 5.75 Å². The van der Waals surface area contributed by atoms with Crippen LogP contribution in [0.25, 0.3) is 0 Å². The molecule has 0 radical (unpaired) electrons. The molecule has 0 unspecified atom stereocenters. The highest BCUT2D eigenvalue weighted by molar-refractivity contribution is 5.77. The summed E-state index contributed by atoms with van der Waals surface area (Å²) >= 11 is 0. The third kappa shape index (κ3) is 4.20. The van der Waals surface area contributed by atoms with E-state index in [-0.39, 0.29) is 19.1 Å². The van der Waals surface area contributed by atoms with Gasteiger partial charge in [0.15, 0.2) is 6.61 Å². The second kappa shape index (κ2) is 7.24. The molecule has 110 valence electrons. The number of ether oxygens (including phenoxy) is 1. The van der Waals surface area contributed by atoms with Gasteiger partial charge in [0.05, 0.1) is 0 Å². The van der Waals surface area contributed by atoms with Gasteiger partial charge in [-0.1, -0.05) is 12.8 Å². The van der Waals surface area contributed by atoms with Crippen LogP contribution in [0.2, 0.25) is 0 Å². The quantitative estimate of drug-likeness (QED) is 0.918. The highest BCUT2D eigenvalue weighted by Crippen LogP contribution is 2.17. The summed E-state index contributed by atoms with van der Waals surface area (Å²) in [5.74, 6) is -0.0794. The topological polar surface area (TPSA) is 55.6 Å². The van der Waals surface area contributed by atoms with Crippen molar-refractivity contribution in [2.75, 3.05) is 19.7 Å². The Kier molecular flexibility index (Phi) is 5.35. The normalized spacial score (nSPS) is 15.8. The fourth-order valence-electron chi connectivity index (χ4n) is 2.38. The molecule has 0 saturated carbocycles. The van der Waals surface area contributed by atoms with Gasteiger partial charge in [0.1, 0.15) is 11.6 Å². The van der Waals surface area contributed by atoms with Crippen molar-refractivity contribution in [3.05, 3.63) is 29.6 Å². The number of nitrogens with zero attached hydrogens (tertiary/aromatic N) is 1. The minimum atomic E-state index is -0.398. The van der Waals surface area contributed by atoms with Crippen molar-refractivity contribution in [3.63, 3.8) is 0 Å². The molecular formula is C15H21FN2O2. The van der Waals surface area contributed by atoms with E-state index in [9.17, 15) is 9.18 Å². The maximum absolute atomic E-state index is 13.3. The molecule has 5 heteroatoms. The molecule has 0 aromatic heterocycles. The van der Waals surface area contributed by atoms with Gasteiger partial charge < -0.3 is 15.4 Å². The van der Waals surface area contributed by atoms with E-state index in [1.54, 1.807) is 6.07 Å². The van der Waals surface area contributed by atoms with Crippen LogP contribution in [0.1, 0.15) is 31.2 Å². The van der Waals surface area contributed by atoms with Gasteiger partial charge in [-0.05, 0) is 30.5 Å². The van der Waals surface area contributed by atoms with Crippen LogP contribution in [0.3, 0.4) is 0 Å². The summed E-state index contributed by atoms with van der Waals surface area (Å²) < 4.78 is 18.7. The van der Waals surface area contributed by atoms with Crippen molar-refractivity contribution < 1.29 is 13.9 Å². The Morgan fingerprint density at radius 2 is 1.90 bits per heavy atom. The number of halogens is 1. The molecule has 2 N–H and O–H groups in total. The second-order valence-corrected chi connectivity index (χ2v) is 5.08. The summed E-state index contributed by atoms with van der Waals surface area (Å²) in [5, 5.41) is 0. The van der Waals surface area contributed by atoms with E-state index in [1.165, 1.54) is 25.0 Å². The second-order valence-electron chi connectivity index (χ2n) is 5.08. The molecule has 1 aromatic carbocycles. The van der Waals surface area contributed by atoms with E-state index < -0.39 is 5.82 Å².